The summed E-state index contributed by atoms with van der Waals surface area (Å²) in [5.74, 6) is 0. The summed E-state index contributed by atoms with van der Waals surface area (Å²) < 4.78 is 0. The molecule has 1 heterocycles. The Morgan fingerprint density at radius 2 is 2.06 bits per heavy atom. The average molecular weight is 225 g/mol. The first-order valence-electron chi connectivity index (χ1n) is 6.90. The van der Waals surface area contributed by atoms with Crippen LogP contribution >= 0.6 is 0 Å². The summed E-state index contributed by atoms with van der Waals surface area (Å²) in [5, 5.41) is 12.5. The number of hydrogen-bond donors (Lipinski definition) is 2. The number of unbranched alkanes of at least 4 members (excludes halogenated alkanes) is 3. The predicted molar refractivity (Wildman–Crippen MR) is 69.5 cm³/mol. The van der Waals surface area contributed by atoms with Crippen molar-refractivity contribution in [1.29, 1.82) is 0 Å². The van der Waals surface area contributed by atoms with Gasteiger partial charge in [0, 0.05) is 18.7 Å². The van der Waals surface area contributed by atoms with Crippen LogP contribution in [0.1, 0.15) is 58.3 Å². The van der Waals surface area contributed by atoms with Crippen molar-refractivity contribution in [2.75, 3.05) is 6.61 Å². The molecular weight excluding hydrogens is 198 g/mol. The van der Waals surface area contributed by atoms with Crippen LogP contribution in [-0.4, -0.2) is 23.8 Å². The van der Waals surface area contributed by atoms with Crippen molar-refractivity contribution in [2.24, 2.45) is 0 Å². The normalized spacial score (nSPS) is 24.9. The molecule has 16 heavy (non-hydrogen) atoms. The van der Waals surface area contributed by atoms with Crippen LogP contribution in [0.25, 0.3) is 0 Å². The molecule has 2 heteroatoms. The van der Waals surface area contributed by atoms with Gasteiger partial charge in [-0.2, -0.15) is 0 Å². The largest absolute Gasteiger partial charge is 0.396 e. The Kier molecular flexibility index (Phi) is 7.52. The Bertz CT molecular complexity index is 191. The van der Waals surface area contributed by atoms with E-state index < -0.39 is 0 Å². The Labute approximate surface area is 100 Å². The van der Waals surface area contributed by atoms with Crippen molar-refractivity contribution < 1.29 is 5.11 Å². The zero-order valence-corrected chi connectivity index (χ0v) is 10.6. The highest BCUT2D eigenvalue weighted by molar-refractivity contribution is 5.01. The van der Waals surface area contributed by atoms with Crippen LogP contribution in [0.15, 0.2) is 12.2 Å². The number of nitrogens with one attached hydrogen (secondary N) is 1. The highest BCUT2D eigenvalue weighted by Crippen LogP contribution is 2.14. The molecule has 1 aliphatic heterocycles. The molecule has 1 aliphatic rings. The maximum atomic E-state index is 8.82. The van der Waals surface area contributed by atoms with E-state index in [4.69, 9.17) is 5.11 Å². The Morgan fingerprint density at radius 3 is 2.81 bits per heavy atom. The number of hydrogen-bond acceptors (Lipinski definition) is 2. The lowest BCUT2D eigenvalue weighted by molar-refractivity contribution is 0.270. The van der Waals surface area contributed by atoms with E-state index in [1.165, 1.54) is 32.1 Å². The molecule has 2 nitrogen and oxygen atoms in total. The molecule has 0 fully saturated rings. The topological polar surface area (TPSA) is 32.3 Å². The van der Waals surface area contributed by atoms with Gasteiger partial charge in [0.05, 0.1) is 0 Å². The maximum Gasteiger partial charge on any atom is 0.0431 e. The highest BCUT2D eigenvalue weighted by atomic mass is 16.2. The van der Waals surface area contributed by atoms with Gasteiger partial charge in [0.2, 0.25) is 0 Å². The van der Waals surface area contributed by atoms with Gasteiger partial charge in [0.1, 0.15) is 0 Å². The molecule has 0 spiro atoms. The molecule has 0 amide bonds. The maximum absolute atomic E-state index is 8.82. The first-order chi connectivity index (χ1) is 7.86. The Morgan fingerprint density at radius 1 is 1.19 bits per heavy atom. The van der Waals surface area contributed by atoms with E-state index in [9.17, 15) is 0 Å². The molecule has 0 unspecified atom stereocenters. The average Bonchev–Trinajstić information content (AvgIpc) is 2.33. The predicted octanol–water partition coefficient (Wildman–Crippen LogP) is 3.02. The Balaban J connectivity index is 2.12. The number of aliphatic hydroxyl groups excluding tert-OH is 1. The van der Waals surface area contributed by atoms with Crippen molar-refractivity contribution in [3.05, 3.63) is 12.2 Å². The fraction of sp³-hybridized carbons (Fsp3) is 0.857. The summed E-state index contributed by atoms with van der Waals surface area (Å²) >= 11 is 0. The van der Waals surface area contributed by atoms with Gasteiger partial charge in [0.15, 0.2) is 0 Å². The number of rotatable bonds is 8. The quantitative estimate of drug-likeness (QED) is 0.491. The third-order valence-electron chi connectivity index (χ3n) is 3.32. The molecule has 0 saturated carbocycles. The summed E-state index contributed by atoms with van der Waals surface area (Å²) in [7, 11) is 0. The standard InChI is InChI=1S/C14H27NO/c1-2-3-4-5-8-13-9-6-10-14(15-13)11-7-12-16/h6,9,13-16H,2-5,7-8,10-12H2,1H3/t13-,14-/m1/s1. The van der Waals surface area contributed by atoms with E-state index in [2.05, 4.69) is 24.4 Å². The molecule has 1 rings (SSSR count). The van der Waals surface area contributed by atoms with E-state index in [1.54, 1.807) is 0 Å². The molecule has 0 aromatic rings. The van der Waals surface area contributed by atoms with Gasteiger partial charge >= 0.3 is 0 Å². The first kappa shape index (κ1) is 13.7. The Hall–Kier alpha value is -0.340. The molecule has 2 N–H and O–H groups in total. The van der Waals surface area contributed by atoms with Crippen molar-refractivity contribution in [3.63, 3.8) is 0 Å². The van der Waals surface area contributed by atoms with Crippen LogP contribution in [-0.2, 0) is 0 Å². The van der Waals surface area contributed by atoms with Gasteiger partial charge < -0.3 is 10.4 Å². The van der Waals surface area contributed by atoms with Gasteiger partial charge in [-0.15, -0.1) is 0 Å². The zero-order valence-electron chi connectivity index (χ0n) is 10.6. The fourth-order valence-electron chi connectivity index (χ4n) is 2.34. The lowest BCUT2D eigenvalue weighted by Gasteiger charge is -2.27. The monoisotopic (exact) mass is 225 g/mol. The fourth-order valence-corrected chi connectivity index (χ4v) is 2.34. The molecule has 0 aromatic carbocycles. The molecule has 0 aromatic heterocycles. The molecule has 0 bridgehead atoms. The lowest BCUT2D eigenvalue weighted by Crippen LogP contribution is -2.39. The summed E-state index contributed by atoms with van der Waals surface area (Å²) in [5.41, 5.74) is 0. The van der Waals surface area contributed by atoms with Gasteiger partial charge in [-0.05, 0) is 25.7 Å². The third kappa shape index (κ3) is 5.66. The molecule has 0 saturated heterocycles. The minimum atomic E-state index is 0.322. The molecular formula is C14H27NO. The highest BCUT2D eigenvalue weighted by Gasteiger charge is 2.15. The van der Waals surface area contributed by atoms with E-state index in [0.29, 0.717) is 18.7 Å². The van der Waals surface area contributed by atoms with E-state index in [1.807, 2.05) is 0 Å². The van der Waals surface area contributed by atoms with Crippen molar-refractivity contribution in [1.82, 2.24) is 5.32 Å². The molecule has 0 radical (unpaired) electrons. The third-order valence-corrected chi connectivity index (χ3v) is 3.32. The second kappa shape index (κ2) is 8.77. The van der Waals surface area contributed by atoms with Crippen LogP contribution in [0.5, 0.6) is 0 Å². The van der Waals surface area contributed by atoms with Gasteiger partial charge in [-0.25, -0.2) is 0 Å². The molecule has 0 aliphatic carbocycles. The minimum absolute atomic E-state index is 0.322. The second-order valence-electron chi connectivity index (χ2n) is 4.85. The minimum Gasteiger partial charge on any atom is -0.396 e. The van der Waals surface area contributed by atoms with Crippen LogP contribution in [0.4, 0.5) is 0 Å². The SMILES string of the molecule is CCCCCC[C@@H]1C=CC[C@H](CCCO)N1. The van der Waals surface area contributed by atoms with Gasteiger partial charge in [0.25, 0.3) is 0 Å². The van der Waals surface area contributed by atoms with Crippen LogP contribution in [0, 0.1) is 0 Å². The second-order valence-corrected chi connectivity index (χ2v) is 4.85. The van der Waals surface area contributed by atoms with Gasteiger partial charge in [-0.1, -0.05) is 44.8 Å². The number of aliphatic hydroxyl groups is 1. The summed E-state index contributed by atoms with van der Waals surface area (Å²) in [6.45, 7) is 2.58. The van der Waals surface area contributed by atoms with Crippen molar-refractivity contribution in [2.45, 2.75) is 70.4 Å². The molecule has 2 atom stereocenters. The summed E-state index contributed by atoms with van der Waals surface area (Å²) in [6, 6.07) is 1.17. The van der Waals surface area contributed by atoms with Gasteiger partial charge in [-0.3, -0.25) is 0 Å². The summed E-state index contributed by atoms with van der Waals surface area (Å²) in [4.78, 5) is 0. The van der Waals surface area contributed by atoms with Crippen molar-refractivity contribution in [3.8, 4) is 0 Å². The van der Waals surface area contributed by atoms with Crippen LogP contribution in [0.3, 0.4) is 0 Å². The smallest absolute Gasteiger partial charge is 0.0431 e. The first-order valence-corrected chi connectivity index (χ1v) is 6.90. The van der Waals surface area contributed by atoms with E-state index in [0.717, 1.165) is 19.3 Å². The van der Waals surface area contributed by atoms with Crippen LogP contribution < -0.4 is 5.32 Å². The lowest BCUT2D eigenvalue weighted by atomic mass is 9.98. The van der Waals surface area contributed by atoms with E-state index >= 15 is 0 Å². The van der Waals surface area contributed by atoms with Crippen molar-refractivity contribution >= 4 is 0 Å². The van der Waals surface area contributed by atoms with E-state index in [-0.39, 0.29) is 0 Å². The van der Waals surface area contributed by atoms with Crippen LogP contribution in [0.2, 0.25) is 0 Å². The summed E-state index contributed by atoms with van der Waals surface area (Å²) in [6.07, 6.45) is 14.4. The molecule has 94 valence electrons. The zero-order chi connectivity index (χ0) is 11.6.